The maximum Gasteiger partial charge on any atom is 0.387 e. The molecule has 0 bridgehead atoms. The summed E-state index contributed by atoms with van der Waals surface area (Å²) in [4.78, 5) is 12.9. The van der Waals surface area contributed by atoms with E-state index in [1.54, 1.807) is 12.1 Å². The molecular weight excluding hydrogens is 360 g/mol. The van der Waals surface area contributed by atoms with Gasteiger partial charge in [-0.25, -0.2) is 0 Å². The second-order valence-corrected chi connectivity index (χ2v) is 6.36. The molecule has 0 saturated carbocycles. The van der Waals surface area contributed by atoms with Gasteiger partial charge in [0, 0.05) is 11.4 Å². The minimum absolute atomic E-state index is 0.0541. The van der Waals surface area contributed by atoms with E-state index in [0.717, 1.165) is 16.2 Å². The van der Waals surface area contributed by atoms with Crippen LogP contribution in [-0.4, -0.2) is 31.4 Å². The highest BCUT2D eigenvalue weighted by atomic mass is 32.2. The molecule has 0 aromatic heterocycles. The number of amides is 1. The summed E-state index contributed by atoms with van der Waals surface area (Å²) >= 11 is 1.45. The Kier molecular flexibility index (Phi) is 8.21. The molecule has 2 rings (SSSR count). The van der Waals surface area contributed by atoms with Crippen LogP contribution in [0.1, 0.15) is 12.5 Å². The third-order valence-corrected chi connectivity index (χ3v) is 4.40. The lowest BCUT2D eigenvalue weighted by Gasteiger charge is -2.08. The van der Waals surface area contributed by atoms with Gasteiger partial charge >= 0.3 is 6.61 Å². The van der Waals surface area contributed by atoms with E-state index in [1.807, 2.05) is 31.2 Å². The van der Waals surface area contributed by atoms with E-state index in [0.29, 0.717) is 25.3 Å². The average molecular weight is 381 g/mol. The Morgan fingerprint density at radius 3 is 2.35 bits per heavy atom. The highest BCUT2D eigenvalue weighted by molar-refractivity contribution is 8.00. The van der Waals surface area contributed by atoms with Crippen molar-refractivity contribution in [2.75, 3.05) is 18.9 Å². The molecule has 1 amide bonds. The topological polar surface area (TPSA) is 47.6 Å². The number of hydrogen-bond donors (Lipinski definition) is 1. The number of benzene rings is 2. The van der Waals surface area contributed by atoms with E-state index in [4.69, 9.17) is 4.74 Å². The lowest BCUT2D eigenvalue weighted by molar-refractivity contribution is -0.118. The van der Waals surface area contributed by atoms with Gasteiger partial charge in [0.1, 0.15) is 11.5 Å². The maximum atomic E-state index is 12.1. The fraction of sp³-hybridized carbons (Fsp3) is 0.316. The zero-order valence-electron chi connectivity index (χ0n) is 14.4. The molecule has 0 heterocycles. The molecule has 140 valence electrons. The van der Waals surface area contributed by atoms with Gasteiger partial charge < -0.3 is 14.8 Å². The summed E-state index contributed by atoms with van der Waals surface area (Å²) in [5.74, 6) is 1.21. The summed E-state index contributed by atoms with van der Waals surface area (Å²) in [6.07, 6.45) is 0.619. The van der Waals surface area contributed by atoms with Gasteiger partial charge in [-0.3, -0.25) is 4.79 Å². The molecule has 2 aromatic carbocycles. The van der Waals surface area contributed by atoms with Crippen LogP contribution in [0.3, 0.4) is 0 Å². The Labute approximate surface area is 155 Å². The Hall–Kier alpha value is -2.28. The van der Waals surface area contributed by atoms with Crippen molar-refractivity contribution in [2.24, 2.45) is 0 Å². The number of rotatable bonds is 10. The maximum absolute atomic E-state index is 12.1. The number of nitrogens with one attached hydrogen (secondary N) is 1. The highest BCUT2D eigenvalue weighted by Gasteiger charge is 2.05. The van der Waals surface area contributed by atoms with Gasteiger partial charge in [-0.1, -0.05) is 12.1 Å². The largest absolute Gasteiger partial charge is 0.494 e. The van der Waals surface area contributed by atoms with Crippen LogP contribution in [0, 0.1) is 0 Å². The Bertz CT molecular complexity index is 678. The predicted octanol–water partition coefficient (Wildman–Crippen LogP) is 4.14. The van der Waals surface area contributed by atoms with E-state index in [1.165, 1.54) is 23.9 Å². The number of hydrogen-bond acceptors (Lipinski definition) is 4. The third-order valence-electron chi connectivity index (χ3n) is 3.39. The first-order valence-electron chi connectivity index (χ1n) is 8.23. The smallest absolute Gasteiger partial charge is 0.387 e. The number of carbonyl (C=O) groups is 1. The van der Waals surface area contributed by atoms with Crippen LogP contribution in [-0.2, 0) is 11.2 Å². The molecule has 0 atom stereocenters. The van der Waals surface area contributed by atoms with E-state index in [2.05, 4.69) is 10.1 Å². The monoisotopic (exact) mass is 381 g/mol. The molecule has 7 heteroatoms. The van der Waals surface area contributed by atoms with Gasteiger partial charge in [0.05, 0.1) is 12.4 Å². The highest BCUT2D eigenvalue weighted by Crippen LogP contribution is 2.21. The number of carbonyl (C=O) groups excluding carboxylic acids is 1. The minimum atomic E-state index is -2.83. The van der Waals surface area contributed by atoms with Crippen LogP contribution < -0.4 is 14.8 Å². The number of halogens is 2. The normalized spacial score (nSPS) is 10.6. The summed E-state index contributed by atoms with van der Waals surface area (Å²) < 4.78 is 33.8. The molecule has 0 aliphatic heterocycles. The zero-order valence-corrected chi connectivity index (χ0v) is 15.2. The van der Waals surface area contributed by atoms with Crippen molar-refractivity contribution in [1.29, 1.82) is 0 Å². The predicted molar refractivity (Wildman–Crippen MR) is 98.1 cm³/mol. The summed E-state index contributed by atoms with van der Waals surface area (Å²) in [6, 6.07) is 14.0. The quantitative estimate of drug-likeness (QED) is 0.629. The molecule has 0 spiro atoms. The van der Waals surface area contributed by atoms with Crippen LogP contribution in [0.15, 0.2) is 53.4 Å². The lowest BCUT2D eigenvalue weighted by atomic mass is 10.1. The second-order valence-electron chi connectivity index (χ2n) is 5.32. The molecule has 1 N–H and O–H groups in total. The van der Waals surface area contributed by atoms with E-state index < -0.39 is 6.61 Å². The zero-order chi connectivity index (χ0) is 18.8. The van der Waals surface area contributed by atoms with E-state index in [-0.39, 0.29) is 11.7 Å². The number of ether oxygens (including phenoxy) is 2. The van der Waals surface area contributed by atoms with Crippen molar-refractivity contribution >= 4 is 17.7 Å². The summed E-state index contributed by atoms with van der Waals surface area (Å²) in [5, 5.41) is 2.84. The molecule has 4 nitrogen and oxygen atoms in total. The fourth-order valence-corrected chi connectivity index (χ4v) is 2.91. The van der Waals surface area contributed by atoms with Crippen molar-refractivity contribution in [3.63, 3.8) is 0 Å². The van der Waals surface area contributed by atoms with Crippen LogP contribution in [0.4, 0.5) is 8.78 Å². The number of thioether (sulfide) groups is 1. The van der Waals surface area contributed by atoms with Crippen LogP contribution in [0.2, 0.25) is 0 Å². The summed E-state index contributed by atoms with van der Waals surface area (Å²) in [7, 11) is 0. The first-order valence-corrected chi connectivity index (χ1v) is 9.21. The molecule has 0 aliphatic rings. The molecule has 0 aliphatic carbocycles. The van der Waals surface area contributed by atoms with Crippen LogP contribution >= 0.6 is 11.8 Å². The van der Waals surface area contributed by atoms with Crippen molar-refractivity contribution < 1.29 is 23.0 Å². The molecule has 0 radical (unpaired) electrons. The fourth-order valence-electron chi connectivity index (χ4n) is 2.18. The van der Waals surface area contributed by atoms with E-state index in [9.17, 15) is 13.6 Å². The molecule has 0 unspecified atom stereocenters. The Balaban J connectivity index is 1.67. The van der Waals surface area contributed by atoms with Crippen molar-refractivity contribution in [3.05, 3.63) is 54.1 Å². The second kappa shape index (κ2) is 10.7. The first kappa shape index (κ1) is 20.0. The van der Waals surface area contributed by atoms with Gasteiger partial charge in [-0.15, -0.1) is 11.8 Å². The van der Waals surface area contributed by atoms with Crippen LogP contribution in [0.5, 0.6) is 11.5 Å². The van der Waals surface area contributed by atoms with Gasteiger partial charge in [0.15, 0.2) is 0 Å². The summed E-state index contributed by atoms with van der Waals surface area (Å²) in [6.45, 7) is 0.209. The average Bonchev–Trinajstić information content (AvgIpc) is 2.62. The molecule has 2 aromatic rings. The van der Waals surface area contributed by atoms with E-state index >= 15 is 0 Å². The third kappa shape index (κ3) is 7.31. The molecule has 26 heavy (non-hydrogen) atoms. The lowest BCUT2D eigenvalue weighted by Crippen LogP contribution is -2.27. The molecular formula is C19H21F2NO3S. The van der Waals surface area contributed by atoms with Crippen molar-refractivity contribution in [2.45, 2.75) is 24.9 Å². The SMILES string of the molecule is CCOc1ccc(SCC(=O)NCCc2ccc(OC(F)F)cc2)cc1. The summed E-state index contributed by atoms with van der Waals surface area (Å²) in [5.41, 5.74) is 0.936. The Morgan fingerprint density at radius 1 is 1.08 bits per heavy atom. The van der Waals surface area contributed by atoms with Crippen molar-refractivity contribution in [1.82, 2.24) is 5.32 Å². The minimum Gasteiger partial charge on any atom is -0.494 e. The Morgan fingerprint density at radius 2 is 1.73 bits per heavy atom. The van der Waals surface area contributed by atoms with Gasteiger partial charge in [-0.05, 0) is 55.3 Å². The van der Waals surface area contributed by atoms with Gasteiger partial charge in [0.2, 0.25) is 5.91 Å². The number of alkyl halides is 2. The van der Waals surface area contributed by atoms with Crippen LogP contribution in [0.25, 0.3) is 0 Å². The first-order chi connectivity index (χ1) is 12.6. The standard InChI is InChI=1S/C19H21F2NO3S/c1-2-24-15-7-9-17(10-8-15)26-13-18(23)22-12-11-14-3-5-16(6-4-14)25-19(20)21/h3-10,19H,2,11-13H2,1H3,(H,22,23). The van der Waals surface area contributed by atoms with Gasteiger partial charge in [0.25, 0.3) is 0 Å². The molecule has 0 fully saturated rings. The van der Waals surface area contributed by atoms with Crippen molar-refractivity contribution in [3.8, 4) is 11.5 Å². The van der Waals surface area contributed by atoms with Gasteiger partial charge in [-0.2, -0.15) is 8.78 Å². The molecule has 0 saturated heterocycles.